The van der Waals surface area contributed by atoms with Crippen molar-refractivity contribution < 1.29 is 23.4 Å². The van der Waals surface area contributed by atoms with E-state index >= 15 is 0 Å². The first-order valence-electron chi connectivity index (χ1n) is 10.7. The van der Waals surface area contributed by atoms with Crippen molar-refractivity contribution in [1.29, 1.82) is 0 Å². The highest BCUT2D eigenvalue weighted by molar-refractivity contribution is 6.36. The van der Waals surface area contributed by atoms with Gasteiger partial charge in [0, 0.05) is 35.4 Å². The van der Waals surface area contributed by atoms with Crippen LogP contribution in [0.15, 0.2) is 35.1 Å². The van der Waals surface area contributed by atoms with Crippen molar-refractivity contribution in [3.8, 4) is 5.75 Å². The number of anilines is 1. The molecular weight excluding hydrogens is 484 g/mol. The maximum absolute atomic E-state index is 14.0. The maximum atomic E-state index is 14.0. The molecule has 4 rings (SSSR count). The summed E-state index contributed by atoms with van der Waals surface area (Å²) in [6, 6.07) is 2.59. The summed E-state index contributed by atoms with van der Waals surface area (Å²) in [5, 5.41) is 10.8. The van der Waals surface area contributed by atoms with E-state index in [2.05, 4.69) is 4.98 Å². The van der Waals surface area contributed by atoms with E-state index in [9.17, 15) is 14.3 Å². The number of amides is 1. The Labute approximate surface area is 205 Å². The third-order valence-corrected chi connectivity index (χ3v) is 6.46. The average Bonchev–Trinajstić information content (AvgIpc) is 3.22. The highest BCUT2D eigenvalue weighted by Gasteiger charge is 2.31. The van der Waals surface area contributed by atoms with Gasteiger partial charge in [-0.05, 0) is 44.9 Å². The molecule has 2 aromatic heterocycles. The molecule has 1 aromatic carbocycles. The predicted molar refractivity (Wildman–Crippen MR) is 129 cm³/mol. The molecule has 0 saturated carbocycles. The Morgan fingerprint density at radius 1 is 1.38 bits per heavy atom. The Kier molecular flexibility index (Phi) is 6.50. The first-order valence-corrected chi connectivity index (χ1v) is 11.4. The van der Waals surface area contributed by atoms with Gasteiger partial charge >= 0.3 is 0 Å². The lowest BCUT2D eigenvalue weighted by molar-refractivity contribution is -0.147. The molecule has 3 N–H and O–H groups in total. The van der Waals surface area contributed by atoms with Gasteiger partial charge in [-0.2, -0.15) is 0 Å². The predicted octanol–water partition coefficient (Wildman–Crippen LogP) is 5.38. The molecule has 0 unspecified atom stereocenters. The smallest absolute Gasteiger partial charge is 0.254 e. The van der Waals surface area contributed by atoms with Crippen LogP contribution in [0.4, 0.5) is 10.2 Å². The third kappa shape index (κ3) is 4.45. The molecule has 1 atom stereocenters. The number of halogens is 3. The van der Waals surface area contributed by atoms with Crippen LogP contribution in [0.2, 0.25) is 10.0 Å². The van der Waals surface area contributed by atoms with Crippen molar-refractivity contribution in [2.75, 3.05) is 18.8 Å². The number of nitrogen functional groups attached to an aromatic ring is 1. The molecule has 34 heavy (non-hydrogen) atoms. The fraction of sp³-hybridized carbons (Fsp3) is 0.333. The van der Waals surface area contributed by atoms with Crippen molar-refractivity contribution in [3.63, 3.8) is 0 Å². The first kappa shape index (κ1) is 24.3. The molecule has 10 heteroatoms. The van der Waals surface area contributed by atoms with E-state index < -0.39 is 17.5 Å². The number of nitrogens with zero attached hydrogens (tertiary/aromatic N) is 2. The fourth-order valence-corrected chi connectivity index (χ4v) is 4.66. The molecular formula is C24H24Cl2FN3O4. The molecule has 1 amide bonds. The lowest BCUT2D eigenvalue weighted by Crippen LogP contribution is -2.46. The number of pyridine rings is 1. The van der Waals surface area contributed by atoms with Gasteiger partial charge in [-0.25, -0.2) is 9.37 Å². The van der Waals surface area contributed by atoms with Crippen LogP contribution in [0.25, 0.3) is 16.5 Å². The molecule has 0 aliphatic carbocycles. The minimum atomic E-state index is -1.43. The molecule has 1 aliphatic heterocycles. The van der Waals surface area contributed by atoms with Crippen molar-refractivity contribution in [1.82, 2.24) is 9.88 Å². The maximum Gasteiger partial charge on any atom is 0.254 e. The Hall–Kier alpha value is -2.81. The van der Waals surface area contributed by atoms with E-state index in [0.717, 1.165) is 11.1 Å². The van der Waals surface area contributed by atoms with Crippen LogP contribution in [0.1, 0.15) is 44.4 Å². The minimum absolute atomic E-state index is 0.100. The summed E-state index contributed by atoms with van der Waals surface area (Å²) in [6.45, 7) is 5.44. The zero-order valence-corrected chi connectivity index (χ0v) is 20.4. The van der Waals surface area contributed by atoms with Gasteiger partial charge < -0.3 is 24.9 Å². The molecule has 0 spiro atoms. The number of benzene rings is 1. The highest BCUT2D eigenvalue weighted by atomic mass is 35.5. The first-order chi connectivity index (χ1) is 16.0. The number of ether oxygens (including phenoxy) is 1. The van der Waals surface area contributed by atoms with Crippen LogP contribution in [-0.2, 0) is 4.79 Å². The van der Waals surface area contributed by atoms with Crippen LogP contribution in [0.3, 0.4) is 0 Å². The van der Waals surface area contributed by atoms with E-state index in [1.165, 1.54) is 26.0 Å². The number of carbonyl (C=O) groups is 1. The second-order valence-corrected chi connectivity index (χ2v) is 9.46. The van der Waals surface area contributed by atoms with E-state index in [1.807, 2.05) is 6.08 Å². The lowest BCUT2D eigenvalue weighted by Gasteiger charge is -2.31. The van der Waals surface area contributed by atoms with Gasteiger partial charge in [0.15, 0.2) is 11.4 Å². The Morgan fingerprint density at radius 3 is 2.76 bits per heavy atom. The monoisotopic (exact) mass is 507 g/mol. The minimum Gasteiger partial charge on any atom is -0.478 e. The second kappa shape index (κ2) is 9.09. The van der Waals surface area contributed by atoms with Gasteiger partial charge in [-0.1, -0.05) is 29.3 Å². The van der Waals surface area contributed by atoms with Gasteiger partial charge in [-0.15, -0.1) is 0 Å². The van der Waals surface area contributed by atoms with Crippen molar-refractivity contribution in [2.24, 2.45) is 0 Å². The molecule has 0 bridgehead atoms. The van der Waals surface area contributed by atoms with E-state index in [0.29, 0.717) is 30.5 Å². The Bertz CT molecular complexity index is 1300. The topological polar surface area (TPSA) is 102 Å². The average molecular weight is 508 g/mol. The van der Waals surface area contributed by atoms with E-state index in [-0.39, 0.29) is 33.1 Å². The Balaban J connectivity index is 1.65. The van der Waals surface area contributed by atoms with Gasteiger partial charge in [0.1, 0.15) is 17.5 Å². The van der Waals surface area contributed by atoms with Gasteiger partial charge in [0.25, 0.3) is 5.91 Å². The standard InChI is InChI=1S/C24H24Cl2FN3O4/c1-12(18-16(25)4-5-17(27)19(18)26)34-21-20-14(10-29-22(21)28)15(11-33-20)13-6-8-30(9-7-13)23(31)24(2,3)32/h4-6,10-12,32H,7-9H2,1-3H3,(H2,28,29)/t12-/m1/s1. The number of nitrogens with two attached hydrogens (primary N) is 1. The van der Waals surface area contributed by atoms with Crippen molar-refractivity contribution in [3.05, 3.63) is 57.7 Å². The SMILES string of the molecule is C[C@@H](Oc1c(N)ncc2c(C3=CCN(C(=O)C(C)(C)O)CC3)coc12)c1c(Cl)ccc(F)c1Cl. The molecule has 3 aromatic rings. The number of fused-ring (bicyclic) bond motifs is 1. The molecule has 180 valence electrons. The molecule has 1 aliphatic rings. The van der Waals surface area contributed by atoms with Crippen LogP contribution in [0.5, 0.6) is 5.75 Å². The van der Waals surface area contributed by atoms with Crippen LogP contribution in [0, 0.1) is 5.82 Å². The molecule has 0 saturated heterocycles. The van der Waals surface area contributed by atoms with Gasteiger partial charge in [0.2, 0.25) is 5.75 Å². The zero-order valence-electron chi connectivity index (χ0n) is 18.9. The molecule has 0 fully saturated rings. The van der Waals surface area contributed by atoms with E-state index in [4.69, 9.17) is 38.1 Å². The van der Waals surface area contributed by atoms with Crippen LogP contribution in [-0.4, -0.2) is 39.6 Å². The van der Waals surface area contributed by atoms with Crippen molar-refractivity contribution in [2.45, 2.75) is 38.9 Å². The third-order valence-electron chi connectivity index (χ3n) is 5.75. The highest BCUT2D eigenvalue weighted by Crippen LogP contribution is 2.41. The Morgan fingerprint density at radius 2 is 2.12 bits per heavy atom. The molecule has 3 heterocycles. The molecule has 7 nitrogen and oxygen atoms in total. The summed E-state index contributed by atoms with van der Waals surface area (Å²) in [6.07, 6.45) is 4.93. The number of hydrogen-bond acceptors (Lipinski definition) is 6. The number of aliphatic hydroxyl groups is 1. The van der Waals surface area contributed by atoms with Gasteiger partial charge in [0.05, 0.1) is 16.7 Å². The lowest BCUT2D eigenvalue weighted by atomic mass is 9.98. The second-order valence-electron chi connectivity index (χ2n) is 8.67. The number of aromatic nitrogens is 1. The van der Waals surface area contributed by atoms with Crippen LogP contribution >= 0.6 is 23.2 Å². The number of carbonyl (C=O) groups excluding carboxylic acids is 1. The number of hydrogen-bond donors (Lipinski definition) is 2. The summed E-state index contributed by atoms with van der Waals surface area (Å²) in [5.74, 6) is -0.637. The molecule has 0 radical (unpaired) electrons. The number of rotatable bonds is 5. The van der Waals surface area contributed by atoms with Gasteiger partial charge in [-0.3, -0.25) is 4.79 Å². The largest absolute Gasteiger partial charge is 0.478 e. The summed E-state index contributed by atoms with van der Waals surface area (Å²) in [5.41, 5.74) is 7.10. The quantitative estimate of drug-likeness (QED) is 0.449. The van der Waals surface area contributed by atoms with E-state index in [1.54, 1.807) is 24.3 Å². The summed E-state index contributed by atoms with van der Waals surface area (Å²) >= 11 is 12.4. The summed E-state index contributed by atoms with van der Waals surface area (Å²) in [4.78, 5) is 18.2. The number of furan rings is 1. The fourth-order valence-electron chi connectivity index (χ4n) is 3.98. The zero-order chi connectivity index (χ0) is 24.8. The van der Waals surface area contributed by atoms with Crippen LogP contribution < -0.4 is 10.5 Å². The normalized spacial score (nSPS) is 15.4. The van der Waals surface area contributed by atoms with Crippen molar-refractivity contribution >= 4 is 51.5 Å². The summed E-state index contributed by atoms with van der Waals surface area (Å²) < 4.78 is 25.8. The summed E-state index contributed by atoms with van der Waals surface area (Å²) in [7, 11) is 0.